The van der Waals surface area contributed by atoms with Crippen molar-refractivity contribution in [3.05, 3.63) is 53.0 Å². The fraction of sp³-hybridized carbons (Fsp3) is 0.375. The van der Waals surface area contributed by atoms with Crippen LogP contribution in [0, 0.1) is 13.8 Å². The van der Waals surface area contributed by atoms with Gasteiger partial charge in [-0.1, -0.05) is 25.1 Å². The fourth-order valence-corrected chi connectivity index (χ4v) is 2.51. The third kappa shape index (κ3) is 2.80. The molecule has 106 valence electrons. The van der Waals surface area contributed by atoms with Gasteiger partial charge in [0.2, 0.25) is 5.88 Å². The Morgan fingerprint density at radius 1 is 1.15 bits per heavy atom. The summed E-state index contributed by atoms with van der Waals surface area (Å²) in [5, 5.41) is 3.49. The Bertz CT molecular complexity index is 563. The number of nitrogens with zero attached hydrogens (tertiary/aromatic N) is 2. The highest BCUT2D eigenvalue weighted by molar-refractivity contribution is 5.42. The number of benzene rings is 1. The molecule has 0 aliphatic heterocycles. The van der Waals surface area contributed by atoms with E-state index >= 15 is 0 Å². The normalized spacial score (nSPS) is 12.2. The second kappa shape index (κ2) is 6.48. The molecule has 1 aromatic carbocycles. The predicted octanol–water partition coefficient (Wildman–Crippen LogP) is 2.80. The van der Waals surface area contributed by atoms with E-state index in [1.54, 1.807) is 19.5 Å². The van der Waals surface area contributed by atoms with Crippen LogP contribution in [-0.2, 0) is 0 Å². The lowest BCUT2D eigenvalue weighted by atomic mass is 9.94. The van der Waals surface area contributed by atoms with E-state index < -0.39 is 0 Å². The van der Waals surface area contributed by atoms with E-state index in [1.165, 1.54) is 16.7 Å². The molecule has 2 aromatic rings. The van der Waals surface area contributed by atoms with Crippen LogP contribution in [0.2, 0.25) is 0 Å². The van der Waals surface area contributed by atoms with Crippen LogP contribution in [0.3, 0.4) is 0 Å². The summed E-state index contributed by atoms with van der Waals surface area (Å²) in [6, 6.07) is 6.31. The number of aryl methyl sites for hydroxylation is 2. The van der Waals surface area contributed by atoms with Crippen LogP contribution in [-0.4, -0.2) is 23.6 Å². The number of methoxy groups -OCH3 is 1. The summed E-state index contributed by atoms with van der Waals surface area (Å²) < 4.78 is 5.36. The first-order valence-electron chi connectivity index (χ1n) is 6.83. The van der Waals surface area contributed by atoms with Crippen molar-refractivity contribution < 1.29 is 4.74 Å². The highest BCUT2D eigenvalue weighted by Crippen LogP contribution is 2.30. The molecule has 0 fully saturated rings. The highest BCUT2D eigenvalue weighted by atomic mass is 16.5. The second-order valence-electron chi connectivity index (χ2n) is 4.75. The van der Waals surface area contributed by atoms with Gasteiger partial charge in [0.25, 0.3) is 0 Å². The van der Waals surface area contributed by atoms with Crippen LogP contribution in [0.15, 0.2) is 30.6 Å². The minimum Gasteiger partial charge on any atom is -0.480 e. The lowest BCUT2D eigenvalue weighted by Gasteiger charge is -2.23. The number of hydrogen-bond acceptors (Lipinski definition) is 4. The van der Waals surface area contributed by atoms with Gasteiger partial charge in [0.1, 0.15) is 5.69 Å². The van der Waals surface area contributed by atoms with Gasteiger partial charge in [0, 0.05) is 12.4 Å². The molecule has 20 heavy (non-hydrogen) atoms. The molecule has 1 unspecified atom stereocenters. The fourth-order valence-electron chi connectivity index (χ4n) is 2.51. The van der Waals surface area contributed by atoms with Crippen molar-refractivity contribution in [3.8, 4) is 5.88 Å². The first kappa shape index (κ1) is 14.5. The van der Waals surface area contributed by atoms with Crippen molar-refractivity contribution in [1.82, 2.24) is 15.3 Å². The molecular formula is C16H21N3O. The summed E-state index contributed by atoms with van der Waals surface area (Å²) in [6.07, 6.45) is 3.35. The molecule has 1 atom stereocenters. The Kier molecular flexibility index (Phi) is 4.69. The number of nitrogens with one attached hydrogen (secondary N) is 1. The highest BCUT2D eigenvalue weighted by Gasteiger charge is 2.22. The Balaban J connectivity index is 2.56. The molecule has 0 aliphatic rings. The van der Waals surface area contributed by atoms with Crippen LogP contribution < -0.4 is 10.1 Å². The van der Waals surface area contributed by atoms with Gasteiger partial charge >= 0.3 is 0 Å². The van der Waals surface area contributed by atoms with E-state index in [0.717, 1.165) is 12.2 Å². The van der Waals surface area contributed by atoms with Gasteiger partial charge in [-0.05, 0) is 37.1 Å². The van der Waals surface area contributed by atoms with Crippen molar-refractivity contribution >= 4 is 0 Å². The van der Waals surface area contributed by atoms with E-state index in [2.05, 4.69) is 54.3 Å². The lowest BCUT2D eigenvalue weighted by molar-refractivity contribution is 0.383. The molecule has 0 amide bonds. The van der Waals surface area contributed by atoms with Crippen molar-refractivity contribution in [2.75, 3.05) is 13.7 Å². The largest absolute Gasteiger partial charge is 0.480 e. The van der Waals surface area contributed by atoms with Crippen molar-refractivity contribution in [3.63, 3.8) is 0 Å². The van der Waals surface area contributed by atoms with E-state index in [-0.39, 0.29) is 6.04 Å². The molecular weight excluding hydrogens is 250 g/mol. The van der Waals surface area contributed by atoms with Gasteiger partial charge in [-0.25, -0.2) is 4.98 Å². The molecule has 4 heteroatoms. The van der Waals surface area contributed by atoms with Gasteiger partial charge in [0.15, 0.2) is 0 Å². The quantitative estimate of drug-likeness (QED) is 0.908. The summed E-state index contributed by atoms with van der Waals surface area (Å²) in [4.78, 5) is 8.74. The maximum Gasteiger partial charge on any atom is 0.237 e. The van der Waals surface area contributed by atoms with Crippen molar-refractivity contribution in [1.29, 1.82) is 0 Å². The Morgan fingerprint density at radius 3 is 2.40 bits per heavy atom. The summed E-state index contributed by atoms with van der Waals surface area (Å²) >= 11 is 0. The molecule has 4 nitrogen and oxygen atoms in total. The zero-order valence-electron chi connectivity index (χ0n) is 12.5. The predicted molar refractivity (Wildman–Crippen MR) is 80.0 cm³/mol. The minimum absolute atomic E-state index is 0.00940. The summed E-state index contributed by atoms with van der Waals surface area (Å²) in [6.45, 7) is 7.17. The molecule has 0 radical (unpaired) electrons. The van der Waals surface area contributed by atoms with E-state index in [4.69, 9.17) is 4.74 Å². The lowest BCUT2D eigenvalue weighted by Crippen LogP contribution is -2.25. The smallest absolute Gasteiger partial charge is 0.237 e. The minimum atomic E-state index is -0.00940. The maximum absolute atomic E-state index is 5.36. The zero-order valence-corrected chi connectivity index (χ0v) is 12.5. The van der Waals surface area contributed by atoms with Crippen molar-refractivity contribution in [2.24, 2.45) is 0 Å². The monoisotopic (exact) mass is 271 g/mol. The third-order valence-electron chi connectivity index (χ3n) is 3.40. The topological polar surface area (TPSA) is 47.0 Å². The van der Waals surface area contributed by atoms with E-state index in [9.17, 15) is 0 Å². The Morgan fingerprint density at radius 2 is 1.80 bits per heavy atom. The standard InChI is InChI=1S/C16H21N3O/c1-5-17-14(13-11(2)7-6-8-12(13)3)15-16(20-4)19-10-9-18-15/h6-10,14,17H,5H2,1-4H3. The summed E-state index contributed by atoms with van der Waals surface area (Å²) in [7, 11) is 1.63. The molecule has 1 heterocycles. The average molecular weight is 271 g/mol. The number of aromatic nitrogens is 2. The Labute approximate surface area is 120 Å². The van der Waals surface area contributed by atoms with Gasteiger partial charge in [-0.2, -0.15) is 0 Å². The van der Waals surface area contributed by atoms with Crippen LogP contribution in [0.5, 0.6) is 5.88 Å². The summed E-state index contributed by atoms with van der Waals surface area (Å²) in [5.74, 6) is 0.570. The first-order chi connectivity index (χ1) is 9.69. The summed E-state index contributed by atoms with van der Waals surface area (Å²) in [5.41, 5.74) is 4.55. The molecule has 0 spiro atoms. The van der Waals surface area contributed by atoms with Crippen LogP contribution in [0.4, 0.5) is 0 Å². The van der Waals surface area contributed by atoms with Gasteiger partial charge in [0.05, 0.1) is 13.2 Å². The van der Waals surface area contributed by atoms with E-state index in [1.807, 2.05) is 0 Å². The Hall–Kier alpha value is -1.94. The van der Waals surface area contributed by atoms with Crippen LogP contribution in [0.1, 0.15) is 35.3 Å². The molecule has 1 aromatic heterocycles. The SMILES string of the molecule is CCNC(c1nccnc1OC)c1c(C)cccc1C. The second-order valence-corrected chi connectivity index (χ2v) is 4.75. The molecule has 2 rings (SSSR count). The molecule has 1 N–H and O–H groups in total. The molecule has 0 aliphatic carbocycles. The number of rotatable bonds is 5. The van der Waals surface area contributed by atoms with E-state index in [0.29, 0.717) is 5.88 Å². The van der Waals surface area contributed by atoms with Gasteiger partial charge < -0.3 is 10.1 Å². The van der Waals surface area contributed by atoms with Crippen LogP contribution in [0.25, 0.3) is 0 Å². The zero-order chi connectivity index (χ0) is 14.5. The number of hydrogen-bond donors (Lipinski definition) is 1. The van der Waals surface area contributed by atoms with Gasteiger partial charge in [-0.15, -0.1) is 0 Å². The van der Waals surface area contributed by atoms with Crippen molar-refractivity contribution in [2.45, 2.75) is 26.8 Å². The maximum atomic E-state index is 5.36. The molecule has 0 bridgehead atoms. The third-order valence-corrected chi connectivity index (χ3v) is 3.40. The number of ether oxygens (including phenoxy) is 1. The molecule has 0 saturated heterocycles. The first-order valence-corrected chi connectivity index (χ1v) is 6.83. The molecule has 0 saturated carbocycles. The van der Waals surface area contributed by atoms with Crippen LogP contribution >= 0.6 is 0 Å². The van der Waals surface area contributed by atoms with Gasteiger partial charge in [-0.3, -0.25) is 4.98 Å². The average Bonchev–Trinajstić information content (AvgIpc) is 2.46.